The smallest absolute Gasteiger partial charge is 0.407 e. The number of amides is 1. The zero-order valence-electron chi connectivity index (χ0n) is 11.5. The number of hydrogen-bond donors (Lipinski definition) is 1. The molecule has 1 aromatic carbocycles. The minimum atomic E-state index is -0.407. The minimum Gasteiger partial charge on any atom is -0.453 e. The summed E-state index contributed by atoms with van der Waals surface area (Å²) in [5.74, 6) is 0. The average molecular weight is 291 g/mol. The Kier molecular flexibility index (Phi) is 4.74. The van der Waals surface area contributed by atoms with Crippen LogP contribution in [0.2, 0.25) is 0 Å². The summed E-state index contributed by atoms with van der Waals surface area (Å²) < 4.78 is 4.61. The van der Waals surface area contributed by atoms with Gasteiger partial charge in [-0.05, 0) is 24.8 Å². The lowest BCUT2D eigenvalue weighted by Crippen LogP contribution is -2.37. The molecule has 1 unspecified atom stereocenters. The fraction of sp³-hybridized carbons (Fsp3) is 0.429. The molecule has 1 atom stereocenters. The second-order valence-electron chi connectivity index (χ2n) is 4.53. The van der Waals surface area contributed by atoms with E-state index < -0.39 is 6.09 Å². The van der Waals surface area contributed by atoms with Crippen LogP contribution in [0.5, 0.6) is 0 Å². The number of rotatable bonds is 3. The van der Waals surface area contributed by atoms with Gasteiger partial charge >= 0.3 is 6.09 Å². The van der Waals surface area contributed by atoms with E-state index in [9.17, 15) is 10.1 Å². The summed E-state index contributed by atoms with van der Waals surface area (Å²) in [6.07, 6.45) is 2.41. The molecule has 1 aliphatic rings. The van der Waals surface area contributed by atoms with E-state index in [1.807, 2.05) is 24.5 Å². The van der Waals surface area contributed by atoms with Gasteiger partial charge in [0, 0.05) is 18.0 Å². The van der Waals surface area contributed by atoms with E-state index in [4.69, 9.17) is 0 Å². The molecule has 1 saturated heterocycles. The highest BCUT2D eigenvalue weighted by Gasteiger charge is 2.26. The van der Waals surface area contributed by atoms with Gasteiger partial charge < -0.3 is 15.0 Å². The van der Waals surface area contributed by atoms with Crippen molar-refractivity contribution in [1.29, 1.82) is 5.26 Å². The molecule has 106 valence electrons. The van der Waals surface area contributed by atoms with Crippen molar-refractivity contribution in [2.75, 3.05) is 31.4 Å². The van der Waals surface area contributed by atoms with Crippen molar-refractivity contribution in [3.8, 4) is 6.07 Å². The number of nitrogens with zero attached hydrogens (tertiary/aromatic N) is 2. The van der Waals surface area contributed by atoms with E-state index >= 15 is 0 Å². The van der Waals surface area contributed by atoms with Gasteiger partial charge in [-0.25, -0.2) is 4.79 Å². The predicted octanol–water partition coefficient (Wildman–Crippen LogP) is 2.21. The molecular formula is C14H17N3O2S. The molecule has 0 aromatic heterocycles. The second-order valence-corrected chi connectivity index (χ2v) is 5.38. The molecule has 1 aliphatic heterocycles. The van der Waals surface area contributed by atoms with Gasteiger partial charge in [0.05, 0.1) is 24.4 Å². The van der Waals surface area contributed by atoms with Gasteiger partial charge in [0.1, 0.15) is 6.07 Å². The van der Waals surface area contributed by atoms with Crippen LogP contribution < -0.4 is 10.2 Å². The summed E-state index contributed by atoms with van der Waals surface area (Å²) in [5.41, 5.74) is 1.65. The Labute approximate surface area is 122 Å². The molecule has 1 aromatic rings. The van der Waals surface area contributed by atoms with Crippen molar-refractivity contribution in [2.45, 2.75) is 17.4 Å². The number of anilines is 1. The van der Waals surface area contributed by atoms with Crippen LogP contribution in [0, 0.1) is 11.3 Å². The minimum absolute atomic E-state index is 0.0620. The van der Waals surface area contributed by atoms with Crippen LogP contribution in [0.3, 0.4) is 0 Å². The van der Waals surface area contributed by atoms with Gasteiger partial charge in [0.15, 0.2) is 0 Å². The SMILES string of the molecule is COC(=O)NC1CCN(c2cccc(SC)c2C#N)C1. The number of carbonyl (C=O) groups excluding carboxylic acids is 1. The number of methoxy groups -OCH3 is 1. The fourth-order valence-corrected chi connectivity index (χ4v) is 2.96. The lowest BCUT2D eigenvalue weighted by molar-refractivity contribution is 0.167. The Morgan fingerprint density at radius 3 is 3.05 bits per heavy atom. The third-order valence-corrected chi connectivity index (χ3v) is 4.15. The van der Waals surface area contributed by atoms with E-state index in [1.165, 1.54) is 7.11 Å². The van der Waals surface area contributed by atoms with E-state index in [0.717, 1.165) is 23.5 Å². The van der Waals surface area contributed by atoms with Crippen molar-refractivity contribution in [3.63, 3.8) is 0 Å². The molecule has 0 bridgehead atoms. The largest absolute Gasteiger partial charge is 0.453 e. The van der Waals surface area contributed by atoms with Gasteiger partial charge in [0.25, 0.3) is 0 Å². The number of thioether (sulfide) groups is 1. The van der Waals surface area contributed by atoms with E-state index in [2.05, 4.69) is 21.0 Å². The van der Waals surface area contributed by atoms with Crippen LogP contribution in [0.1, 0.15) is 12.0 Å². The first-order valence-corrected chi connectivity index (χ1v) is 7.58. The summed E-state index contributed by atoms with van der Waals surface area (Å²) in [7, 11) is 1.36. The zero-order chi connectivity index (χ0) is 14.5. The summed E-state index contributed by atoms with van der Waals surface area (Å²) in [5, 5.41) is 12.2. The van der Waals surface area contributed by atoms with Crippen LogP contribution in [-0.2, 0) is 4.74 Å². The number of alkyl carbamates (subject to hydrolysis) is 1. The standard InChI is InChI=1S/C14H17N3O2S/c1-19-14(18)16-10-6-7-17(9-10)12-4-3-5-13(20-2)11(12)8-15/h3-5,10H,6-7,9H2,1-2H3,(H,16,18). The zero-order valence-corrected chi connectivity index (χ0v) is 12.4. The number of nitrogens with one attached hydrogen (secondary N) is 1. The third-order valence-electron chi connectivity index (χ3n) is 3.37. The third kappa shape index (κ3) is 2.99. The van der Waals surface area contributed by atoms with Crippen molar-refractivity contribution in [2.24, 2.45) is 0 Å². The topological polar surface area (TPSA) is 65.4 Å². The maximum absolute atomic E-state index is 11.2. The van der Waals surface area contributed by atoms with Gasteiger partial charge in [-0.3, -0.25) is 0 Å². The Bertz CT molecular complexity index is 542. The van der Waals surface area contributed by atoms with E-state index in [0.29, 0.717) is 12.1 Å². The Morgan fingerprint density at radius 1 is 1.60 bits per heavy atom. The molecule has 6 heteroatoms. The van der Waals surface area contributed by atoms with Crippen LogP contribution in [0.15, 0.2) is 23.1 Å². The highest BCUT2D eigenvalue weighted by molar-refractivity contribution is 7.98. The molecule has 0 spiro atoms. The number of ether oxygens (including phenoxy) is 1. The van der Waals surface area contributed by atoms with Gasteiger partial charge in [-0.15, -0.1) is 11.8 Å². The van der Waals surface area contributed by atoms with Crippen LogP contribution in [0.25, 0.3) is 0 Å². The fourth-order valence-electron chi connectivity index (χ4n) is 2.39. The van der Waals surface area contributed by atoms with Gasteiger partial charge in [-0.1, -0.05) is 6.07 Å². The second kappa shape index (κ2) is 6.53. The highest BCUT2D eigenvalue weighted by atomic mass is 32.2. The Balaban J connectivity index is 2.14. The first kappa shape index (κ1) is 14.5. The average Bonchev–Trinajstić information content (AvgIpc) is 2.94. The van der Waals surface area contributed by atoms with Crippen LogP contribution in [0.4, 0.5) is 10.5 Å². The maximum Gasteiger partial charge on any atom is 0.407 e. The summed E-state index contributed by atoms with van der Waals surface area (Å²) in [4.78, 5) is 14.3. The van der Waals surface area contributed by atoms with Crippen molar-refractivity contribution >= 4 is 23.5 Å². The number of nitriles is 1. The van der Waals surface area contributed by atoms with Gasteiger partial charge in [-0.2, -0.15) is 5.26 Å². The molecule has 2 rings (SSSR count). The van der Waals surface area contributed by atoms with Crippen molar-refractivity contribution < 1.29 is 9.53 Å². The molecular weight excluding hydrogens is 274 g/mol. The van der Waals surface area contributed by atoms with E-state index in [-0.39, 0.29) is 6.04 Å². The highest BCUT2D eigenvalue weighted by Crippen LogP contribution is 2.30. The first-order valence-electron chi connectivity index (χ1n) is 6.36. The Morgan fingerprint density at radius 2 is 2.40 bits per heavy atom. The normalized spacial score (nSPS) is 17.6. The molecule has 1 N–H and O–H groups in total. The molecule has 1 heterocycles. The van der Waals surface area contributed by atoms with Crippen molar-refractivity contribution in [3.05, 3.63) is 23.8 Å². The lowest BCUT2D eigenvalue weighted by atomic mass is 10.2. The summed E-state index contributed by atoms with van der Waals surface area (Å²) in [6, 6.07) is 8.22. The lowest BCUT2D eigenvalue weighted by Gasteiger charge is -2.21. The maximum atomic E-state index is 11.2. The number of carbonyl (C=O) groups is 1. The Hall–Kier alpha value is -1.87. The molecule has 0 aliphatic carbocycles. The van der Waals surface area contributed by atoms with Crippen molar-refractivity contribution in [1.82, 2.24) is 5.32 Å². The quantitative estimate of drug-likeness (QED) is 0.865. The first-order chi connectivity index (χ1) is 9.69. The number of hydrogen-bond acceptors (Lipinski definition) is 5. The van der Waals surface area contributed by atoms with E-state index in [1.54, 1.807) is 11.8 Å². The predicted molar refractivity (Wildman–Crippen MR) is 79.1 cm³/mol. The summed E-state index contributed by atoms with van der Waals surface area (Å²) in [6.45, 7) is 1.52. The van der Waals surface area contributed by atoms with Crippen LogP contribution >= 0.6 is 11.8 Å². The van der Waals surface area contributed by atoms with Gasteiger partial charge in [0.2, 0.25) is 0 Å². The molecule has 1 amide bonds. The monoisotopic (exact) mass is 291 g/mol. The molecule has 1 fully saturated rings. The molecule has 0 radical (unpaired) electrons. The molecule has 5 nitrogen and oxygen atoms in total. The molecule has 0 saturated carbocycles. The molecule has 20 heavy (non-hydrogen) atoms. The summed E-state index contributed by atoms with van der Waals surface area (Å²) >= 11 is 1.57. The van der Waals surface area contributed by atoms with Crippen LogP contribution in [-0.4, -0.2) is 38.6 Å². The number of benzene rings is 1.